The molecule has 2 aromatic heterocycles. The normalized spacial score (nSPS) is 11.0. The number of oxazole rings is 1. The van der Waals surface area contributed by atoms with Crippen molar-refractivity contribution in [2.45, 2.75) is 0 Å². The molecule has 3 rings (SSSR count). The van der Waals surface area contributed by atoms with Crippen molar-refractivity contribution in [2.75, 3.05) is 22.9 Å². The van der Waals surface area contributed by atoms with Gasteiger partial charge >= 0.3 is 11.7 Å². The molecule has 0 saturated carbocycles. The van der Waals surface area contributed by atoms with Gasteiger partial charge in [0.1, 0.15) is 17.0 Å². The second-order valence-electron chi connectivity index (χ2n) is 5.62. The lowest BCUT2D eigenvalue weighted by Gasteiger charge is -2.12. The van der Waals surface area contributed by atoms with Crippen molar-refractivity contribution < 1.29 is 18.0 Å². The molecular formula is C15H14F2N6O4. The lowest BCUT2D eigenvalue weighted by molar-refractivity contribution is -0.114. The minimum atomic E-state index is -1.11. The Labute approximate surface area is 149 Å². The van der Waals surface area contributed by atoms with Gasteiger partial charge in [0.15, 0.2) is 17.2 Å². The van der Waals surface area contributed by atoms with Crippen LogP contribution in [-0.4, -0.2) is 26.6 Å². The summed E-state index contributed by atoms with van der Waals surface area (Å²) >= 11 is 0. The SMILES string of the molecule is Cn1c(N)c(NCC(=O)Nc2nc3cc(F)c(F)cc3o2)c(=O)n(C)c1=O. The van der Waals surface area contributed by atoms with Gasteiger partial charge in [0.05, 0.1) is 6.54 Å². The Kier molecular flexibility index (Phi) is 4.39. The summed E-state index contributed by atoms with van der Waals surface area (Å²) in [5, 5.41) is 4.82. The second kappa shape index (κ2) is 6.55. The van der Waals surface area contributed by atoms with Crippen LogP contribution in [-0.2, 0) is 18.9 Å². The monoisotopic (exact) mass is 380 g/mol. The van der Waals surface area contributed by atoms with E-state index in [2.05, 4.69) is 15.6 Å². The highest BCUT2D eigenvalue weighted by Gasteiger charge is 2.16. The third-order valence-corrected chi connectivity index (χ3v) is 3.81. The van der Waals surface area contributed by atoms with E-state index < -0.39 is 35.3 Å². The number of carbonyl (C=O) groups is 1. The summed E-state index contributed by atoms with van der Waals surface area (Å²) in [6.07, 6.45) is 0. The predicted molar refractivity (Wildman–Crippen MR) is 92.4 cm³/mol. The van der Waals surface area contributed by atoms with E-state index in [9.17, 15) is 23.2 Å². The molecule has 0 aliphatic heterocycles. The highest BCUT2D eigenvalue weighted by atomic mass is 19.2. The van der Waals surface area contributed by atoms with E-state index in [0.717, 1.165) is 21.3 Å². The van der Waals surface area contributed by atoms with Gasteiger partial charge in [0.2, 0.25) is 5.91 Å². The van der Waals surface area contributed by atoms with Crippen molar-refractivity contribution in [3.05, 3.63) is 44.6 Å². The molecule has 27 heavy (non-hydrogen) atoms. The molecule has 0 aliphatic rings. The van der Waals surface area contributed by atoms with Crippen LogP contribution in [0, 0.1) is 11.6 Å². The molecule has 3 aromatic rings. The van der Waals surface area contributed by atoms with Crippen LogP contribution in [0.2, 0.25) is 0 Å². The van der Waals surface area contributed by atoms with Crippen molar-refractivity contribution >= 4 is 34.5 Å². The number of nitrogens with zero attached hydrogens (tertiary/aromatic N) is 3. The minimum absolute atomic E-state index is 0.0216. The van der Waals surface area contributed by atoms with Crippen LogP contribution in [0.15, 0.2) is 26.1 Å². The van der Waals surface area contributed by atoms with E-state index >= 15 is 0 Å². The third kappa shape index (κ3) is 3.23. The van der Waals surface area contributed by atoms with Gasteiger partial charge in [0.25, 0.3) is 5.56 Å². The maximum atomic E-state index is 13.2. The Morgan fingerprint density at radius 1 is 1.22 bits per heavy atom. The first kappa shape index (κ1) is 18.1. The van der Waals surface area contributed by atoms with Gasteiger partial charge in [-0.15, -0.1) is 0 Å². The first-order valence-electron chi connectivity index (χ1n) is 7.54. The van der Waals surface area contributed by atoms with Crippen molar-refractivity contribution in [2.24, 2.45) is 14.1 Å². The van der Waals surface area contributed by atoms with Crippen LogP contribution in [0.4, 0.5) is 26.3 Å². The molecule has 4 N–H and O–H groups in total. The largest absolute Gasteiger partial charge is 0.423 e. The second-order valence-corrected chi connectivity index (χ2v) is 5.62. The lowest BCUT2D eigenvalue weighted by atomic mass is 10.3. The number of nitrogen functional groups attached to an aromatic ring is 1. The number of rotatable bonds is 4. The van der Waals surface area contributed by atoms with Gasteiger partial charge in [0, 0.05) is 26.2 Å². The average molecular weight is 380 g/mol. The fraction of sp³-hybridized carbons (Fsp3) is 0.200. The summed E-state index contributed by atoms with van der Waals surface area (Å²) in [7, 11) is 2.64. The minimum Gasteiger partial charge on any atom is -0.423 e. The maximum Gasteiger partial charge on any atom is 0.332 e. The van der Waals surface area contributed by atoms with Gasteiger partial charge in [-0.1, -0.05) is 0 Å². The molecule has 0 unspecified atom stereocenters. The van der Waals surface area contributed by atoms with Crippen molar-refractivity contribution in [3.63, 3.8) is 0 Å². The van der Waals surface area contributed by atoms with Gasteiger partial charge in [-0.25, -0.2) is 13.6 Å². The summed E-state index contributed by atoms with van der Waals surface area (Å²) in [4.78, 5) is 39.7. The van der Waals surface area contributed by atoms with Crippen LogP contribution >= 0.6 is 0 Å². The quantitative estimate of drug-likeness (QED) is 0.585. The number of halogens is 2. The molecule has 0 aliphatic carbocycles. The molecule has 12 heteroatoms. The summed E-state index contributed by atoms with van der Waals surface area (Å²) in [5.74, 6) is -3.02. The Balaban J connectivity index is 1.76. The van der Waals surface area contributed by atoms with E-state index in [0.29, 0.717) is 0 Å². The lowest BCUT2D eigenvalue weighted by Crippen LogP contribution is -2.40. The zero-order chi connectivity index (χ0) is 19.9. The molecule has 0 spiro atoms. The zero-order valence-corrected chi connectivity index (χ0v) is 14.2. The molecule has 0 atom stereocenters. The highest BCUT2D eigenvalue weighted by Crippen LogP contribution is 2.21. The molecule has 10 nitrogen and oxygen atoms in total. The van der Waals surface area contributed by atoms with Gasteiger partial charge in [-0.3, -0.25) is 24.0 Å². The summed E-state index contributed by atoms with van der Waals surface area (Å²) in [6, 6.07) is 1.36. The van der Waals surface area contributed by atoms with Crippen LogP contribution in [0.3, 0.4) is 0 Å². The van der Waals surface area contributed by atoms with Crippen molar-refractivity contribution in [1.82, 2.24) is 14.1 Å². The number of carbonyl (C=O) groups excluding carboxylic acids is 1. The Morgan fingerprint density at radius 2 is 1.89 bits per heavy atom. The van der Waals surface area contributed by atoms with Gasteiger partial charge in [-0.2, -0.15) is 4.98 Å². The fourth-order valence-corrected chi connectivity index (χ4v) is 2.34. The predicted octanol–water partition coefficient (Wildman–Crippen LogP) is 0.136. The zero-order valence-electron chi connectivity index (χ0n) is 14.2. The van der Waals surface area contributed by atoms with Gasteiger partial charge in [-0.05, 0) is 0 Å². The molecule has 0 radical (unpaired) electrons. The van der Waals surface area contributed by atoms with Crippen LogP contribution in [0.25, 0.3) is 11.1 Å². The number of nitrogens with one attached hydrogen (secondary N) is 2. The standard InChI is InChI=1S/C15H14F2N6O4/c1-22-12(18)11(13(25)23(2)15(22)26)19-5-10(24)21-14-20-8-3-6(16)7(17)4-9(8)27-14/h3-4,19H,5,18H2,1-2H3,(H,20,21,24). The van der Waals surface area contributed by atoms with Crippen molar-refractivity contribution in [1.29, 1.82) is 0 Å². The van der Waals surface area contributed by atoms with Crippen LogP contribution < -0.4 is 27.6 Å². The van der Waals surface area contributed by atoms with E-state index in [1.54, 1.807) is 0 Å². The van der Waals surface area contributed by atoms with Gasteiger partial charge < -0.3 is 15.5 Å². The van der Waals surface area contributed by atoms with Crippen molar-refractivity contribution in [3.8, 4) is 0 Å². The average Bonchev–Trinajstić information content (AvgIpc) is 2.99. The summed E-state index contributed by atoms with van der Waals surface area (Å²) < 4.78 is 33.3. The first-order valence-corrected chi connectivity index (χ1v) is 7.54. The molecule has 2 heterocycles. The van der Waals surface area contributed by atoms with E-state index in [1.165, 1.54) is 14.1 Å². The van der Waals surface area contributed by atoms with E-state index in [-0.39, 0.29) is 28.6 Å². The van der Waals surface area contributed by atoms with E-state index in [4.69, 9.17) is 10.2 Å². The number of benzene rings is 1. The number of aromatic nitrogens is 3. The molecule has 1 amide bonds. The number of nitrogens with two attached hydrogens (primary N) is 1. The van der Waals surface area contributed by atoms with E-state index in [1.807, 2.05) is 0 Å². The topological polar surface area (TPSA) is 137 Å². The fourth-order valence-electron chi connectivity index (χ4n) is 2.34. The highest BCUT2D eigenvalue weighted by molar-refractivity contribution is 5.93. The Morgan fingerprint density at radius 3 is 2.59 bits per heavy atom. The molecule has 0 saturated heterocycles. The maximum absolute atomic E-state index is 13.2. The molecule has 1 aromatic carbocycles. The van der Waals surface area contributed by atoms with Crippen LogP contribution in [0.5, 0.6) is 0 Å². The molecule has 0 bridgehead atoms. The molecule has 142 valence electrons. The number of fused-ring (bicyclic) bond motifs is 1. The number of anilines is 3. The number of hydrogen-bond donors (Lipinski definition) is 3. The summed E-state index contributed by atoms with van der Waals surface area (Å²) in [5.41, 5.74) is 4.26. The molecular weight excluding hydrogens is 366 g/mol. The number of hydrogen-bond acceptors (Lipinski definition) is 7. The smallest absolute Gasteiger partial charge is 0.332 e. The Bertz CT molecular complexity index is 1140. The number of amides is 1. The molecule has 0 fully saturated rings. The van der Waals surface area contributed by atoms with Crippen LogP contribution in [0.1, 0.15) is 0 Å². The summed E-state index contributed by atoms with van der Waals surface area (Å²) in [6.45, 7) is -0.404. The third-order valence-electron chi connectivity index (χ3n) is 3.81. The Hall–Kier alpha value is -3.70. The first-order chi connectivity index (χ1) is 12.7.